The molecule has 2 rings (SSSR count). The van der Waals surface area contributed by atoms with Gasteiger partial charge in [0.05, 0.1) is 4.47 Å². The fraction of sp³-hybridized carbons (Fsp3) is 0.250. The van der Waals surface area contributed by atoms with Crippen molar-refractivity contribution in [1.29, 1.82) is 0 Å². The summed E-state index contributed by atoms with van der Waals surface area (Å²) >= 11 is 3.05. The Kier molecular flexibility index (Phi) is 5.31. The van der Waals surface area contributed by atoms with Gasteiger partial charge in [-0.1, -0.05) is 13.0 Å². The van der Waals surface area contributed by atoms with Gasteiger partial charge in [-0.2, -0.15) is 0 Å². The second-order valence-corrected chi connectivity index (χ2v) is 5.67. The molecule has 0 aliphatic heterocycles. The third-order valence-corrected chi connectivity index (χ3v) is 3.78. The second-order valence-electron chi connectivity index (χ2n) is 4.82. The zero-order valence-electron chi connectivity index (χ0n) is 11.6. The summed E-state index contributed by atoms with van der Waals surface area (Å²) in [5.74, 6) is -0.643. The number of benzene rings is 2. The molecule has 1 atom stereocenters. The van der Waals surface area contributed by atoms with Crippen molar-refractivity contribution in [3.63, 3.8) is 0 Å². The van der Waals surface area contributed by atoms with Crippen molar-refractivity contribution in [2.45, 2.75) is 25.8 Å². The van der Waals surface area contributed by atoms with Gasteiger partial charge in [-0.25, -0.2) is 8.78 Å². The van der Waals surface area contributed by atoms with E-state index in [0.717, 1.165) is 12.0 Å². The average Bonchev–Trinajstić information content (AvgIpc) is 2.45. The Labute approximate surface area is 131 Å². The predicted octanol–water partition coefficient (Wildman–Crippen LogP) is 4.80. The fourth-order valence-electron chi connectivity index (χ4n) is 1.87. The van der Waals surface area contributed by atoms with E-state index < -0.39 is 11.6 Å². The van der Waals surface area contributed by atoms with Crippen LogP contribution in [-0.2, 0) is 6.42 Å². The first-order valence-corrected chi connectivity index (χ1v) is 7.45. The van der Waals surface area contributed by atoms with E-state index in [2.05, 4.69) is 15.9 Å². The van der Waals surface area contributed by atoms with Crippen LogP contribution in [0.2, 0.25) is 0 Å². The quantitative estimate of drug-likeness (QED) is 0.835. The predicted molar refractivity (Wildman–Crippen MR) is 82.5 cm³/mol. The van der Waals surface area contributed by atoms with Crippen molar-refractivity contribution < 1.29 is 13.5 Å². The van der Waals surface area contributed by atoms with E-state index in [1.807, 2.05) is 6.92 Å². The molecule has 0 amide bonds. The van der Waals surface area contributed by atoms with E-state index in [9.17, 15) is 8.78 Å². The molecule has 2 nitrogen and oxygen atoms in total. The number of hydrogen-bond donors (Lipinski definition) is 1. The smallest absolute Gasteiger partial charge is 0.165 e. The molecule has 2 aromatic carbocycles. The monoisotopic (exact) mass is 355 g/mol. The van der Waals surface area contributed by atoms with Gasteiger partial charge in [0.25, 0.3) is 0 Å². The van der Waals surface area contributed by atoms with Crippen LogP contribution < -0.4 is 10.5 Å². The molecule has 0 aliphatic rings. The van der Waals surface area contributed by atoms with E-state index in [-0.39, 0.29) is 17.5 Å². The largest absolute Gasteiger partial charge is 0.454 e. The highest BCUT2D eigenvalue weighted by Crippen LogP contribution is 2.28. The average molecular weight is 356 g/mol. The molecule has 112 valence electrons. The number of halogens is 3. The first-order chi connectivity index (χ1) is 9.99. The molecule has 0 aromatic heterocycles. The molecule has 0 aliphatic carbocycles. The Balaban J connectivity index is 2.15. The van der Waals surface area contributed by atoms with Gasteiger partial charge in [-0.15, -0.1) is 0 Å². The van der Waals surface area contributed by atoms with E-state index >= 15 is 0 Å². The Morgan fingerprint density at radius 2 is 1.90 bits per heavy atom. The maximum atomic E-state index is 14.0. The van der Waals surface area contributed by atoms with E-state index in [1.54, 1.807) is 12.1 Å². The van der Waals surface area contributed by atoms with Crippen LogP contribution in [0.3, 0.4) is 0 Å². The standard InChI is InChI=1S/C16H16BrF2NO/c1-2-11(20)7-10-3-6-16(15(19)8-10)21-12-4-5-13(17)14(18)9-12/h3-6,8-9,11H,2,7,20H2,1H3. The van der Waals surface area contributed by atoms with E-state index in [4.69, 9.17) is 10.5 Å². The van der Waals surface area contributed by atoms with Gasteiger partial charge in [0.15, 0.2) is 11.6 Å². The molecule has 0 bridgehead atoms. The first kappa shape index (κ1) is 15.9. The maximum absolute atomic E-state index is 14.0. The molecule has 0 fully saturated rings. The Bertz CT molecular complexity index is 634. The van der Waals surface area contributed by atoms with Crippen LogP contribution in [0.1, 0.15) is 18.9 Å². The second kappa shape index (κ2) is 7.00. The topological polar surface area (TPSA) is 35.2 Å². The summed E-state index contributed by atoms with van der Waals surface area (Å²) < 4.78 is 33.1. The summed E-state index contributed by atoms with van der Waals surface area (Å²) in [6.07, 6.45) is 1.44. The van der Waals surface area contributed by atoms with Crippen molar-refractivity contribution >= 4 is 15.9 Å². The molecular weight excluding hydrogens is 340 g/mol. The lowest BCUT2D eigenvalue weighted by Crippen LogP contribution is -2.21. The molecule has 0 radical (unpaired) electrons. The van der Waals surface area contributed by atoms with Gasteiger partial charge in [0, 0.05) is 12.1 Å². The van der Waals surface area contributed by atoms with E-state index in [1.165, 1.54) is 24.3 Å². The van der Waals surface area contributed by atoms with Crippen LogP contribution in [0.5, 0.6) is 11.5 Å². The van der Waals surface area contributed by atoms with Crippen molar-refractivity contribution in [1.82, 2.24) is 0 Å². The number of rotatable bonds is 5. The van der Waals surface area contributed by atoms with Gasteiger partial charge >= 0.3 is 0 Å². The maximum Gasteiger partial charge on any atom is 0.165 e. The van der Waals surface area contributed by atoms with Crippen LogP contribution in [0.25, 0.3) is 0 Å². The summed E-state index contributed by atoms with van der Waals surface area (Å²) in [6, 6.07) is 8.99. The van der Waals surface area contributed by atoms with Crippen LogP contribution in [0.4, 0.5) is 8.78 Å². The normalized spacial score (nSPS) is 12.2. The molecule has 0 spiro atoms. The lowest BCUT2D eigenvalue weighted by atomic mass is 10.0. The minimum atomic E-state index is -0.487. The van der Waals surface area contributed by atoms with Crippen LogP contribution in [0.15, 0.2) is 40.9 Å². The minimum absolute atomic E-state index is 0.0109. The van der Waals surface area contributed by atoms with Gasteiger partial charge in [0.1, 0.15) is 11.6 Å². The van der Waals surface area contributed by atoms with Crippen molar-refractivity contribution in [2.75, 3.05) is 0 Å². The summed E-state index contributed by atoms with van der Waals surface area (Å²) in [7, 11) is 0. The van der Waals surface area contributed by atoms with Crippen molar-refractivity contribution in [3.05, 3.63) is 58.1 Å². The highest BCUT2D eigenvalue weighted by molar-refractivity contribution is 9.10. The molecule has 0 heterocycles. The van der Waals surface area contributed by atoms with Gasteiger partial charge in [0.2, 0.25) is 0 Å². The highest BCUT2D eigenvalue weighted by Gasteiger charge is 2.09. The van der Waals surface area contributed by atoms with Gasteiger partial charge < -0.3 is 10.5 Å². The molecule has 0 saturated carbocycles. The Hall–Kier alpha value is -1.46. The summed E-state index contributed by atoms with van der Waals surface area (Å²) in [5.41, 5.74) is 6.66. The lowest BCUT2D eigenvalue weighted by Gasteiger charge is -2.11. The fourth-order valence-corrected chi connectivity index (χ4v) is 2.12. The summed E-state index contributed by atoms with van der Waals surface area (Å²) in [6.45, 7) is 1.99. The lowest BCUT2D eigenvalue weighted by molar-refractivity contribution is 0.437. The third kappa shape index (κ3) is 4.25. The SMILES string of the molecule is CCC(N)Cc1ccc(Oc2ccc(Br)c(F)c2)c(F)c1. The third-order valence-electron chi connectivity index (χ3n) is 3.14. The first-order valence-electron chi connectivity index (χ1n) is 6.66. The van der Waals surface area contributed by atoms with Gasteiger partial charge in [-0.3, -0.25) is 0 Å². The van der Waals surface area contributed by atoms with Crippen LogP contribution >= 0.6 is 15.9 Å². The molecule has 1 unspecified atom stereocenters. The van der Waals surface area contributed by atoms with Crippen LogP contribution in [-0.4, -0.2) is 6.04 Å². The zero-order valence-corrected chi connectivity index (χ0v) is 13.2. The molecular formula is C16H16BrF2NO. The minimum Gasteiger partial charge on any atom is -0.454 e. The Morgan fingerprint density at radius 1 is 1.14 bits per heavy atom. The van der Waals surface area contributed by atoms with Crippen molar-refractivity contribution in [2.24, 2.45) is 5.73 Å². The van der Waals surface area contributed by atoms with Crippen molar-refractivity contribution in [3.8, 4) is 11.5 Å². The molecule has 5 heteroatoms. The number of ether oxygens (including phenoxy) is 1. The molecule has 21 heavy (non-hydrogen) atoms. The molecule has 0 saturated heterocycles. The highest BCUT2D eigenvalue weighted by atomic mass is 79.9. The van der Waals surface area contributed by atoms with Gasteiger partial charge in [-0.05, 0) is 58.6 Å². The number of nitrogens with two attached hydrogens (primary N) is 1. The summed E-state index contributed by atoms with van der Waals surface area (Å²) in [5, 5.41) is 0. The molecule has 2 aromatic rings. The Morgan fingerprint density at radius 3 is 2.52 bits per heavy atom. The summed E-state index contributed by atoms with van der Waals surface area (Å²) in [4.78, 5) is 0. The number of hydrogen-bond acceptors (Lipinski definition) is 2. The van der Waals surface area contributed by atoms with E-state index in [0.29, 0.717) is 10.9 Å². The molecule has 2 N–H and O–H groups in total. The zero-order chi connectivity index (χ0) is 15.4. The van der Waals surface area contributed by atoms with Crippen LogP contribution in [0, 0.1) is 11.6 Å².